The topological polar surface area (TPSA) is 95.6 Å². The third-order valence-electron chi connectivity index (χ3n) is 5.21. The second kappa shape index (κ2) is 8.54. The fraction of sp³-hybridized carbons (Fsp3) is 0.524. The van der Waals surface area contributed by atoms with Crippen LogP contribution in [-0.4, -0.2) is 47.2 Å². The Hall–Kier alpha value is -2.70. The second-order valence-electron chi connectivity index (χ2n) is 7.76. The quantitative estimate of drug-likeness (QED) is 0.734. The van der Waals surface area contributed by atoms with Crippen molar-refractivity contribution in [1.29, 1.82) is 0 Å². The monoisotopic (exact) mass is 385 g/mol. The van der Waals surface area contributed by atoms with Crippen LogP contribution in [-0.2, 0) is 4.79 Å². The lowest BCUT2D eigenvalue weighted by atomic mass is 9.94. The molecule has 1 aromatic rings. The maximum atomic E-state index is 12.8. The molecule has 1 heterocycles. The van der Waals surface area contributed by atoms with E-state index in [1.807, 2.05) is 13.8 Å². The van der Waals surface area contributed by atoms with E-state index in [4.69, 9.17) is 0 Å². The van der Waals surface area contributed by atoms with E-state index in [-0.39, 0.29) is 48.7 Å². The Balaban J connectivity index is 1.65. The Morgan fingerprint density at radius 1 is 1.07 bits per heavy atom. The van der Waals surface area contributed by atoms with Gasteiger partial charge in [0, 0.05) is 30.6 Å². The lowest BCUT2D eigenvalue weighted by Gasteiger charge is -2.29. The van der Waals surface area contributed by atoms with Crippen LogP contribution in [0.2, 0.25) is 0 Å². The molecule has 1 aromatic carbocycles. The third-order valence-corrected chi connectivity index (χ3v) is 5.21. The summed E-state index contributed by atoms with van der Waals surface area (Å²) in [6.45, 7) is 3.95. The van der Waals surface area contributed by atoms with Crippen LogP contribution in [0.3, 0.4) is 0 Å². The van der Waals surface area contributed by atoms with Gasteiger partial charge in [0.05, 0.1) is 11.1 Å². The molecule has 150 valence electrons. The Labute approximate surface area is 164 Å². The molecule has 0 saturated heterocycles. The summed E-state index contributed by atoms with van der Waals surface area (Å²) in [7, 11) is 0. The summed E-state index contributed by atoms with van der Waals surface area (Å²) in [5, 5.41) is 5.44. The predicted octanol–water partition coefficient (Wildman–Crippen LogP) is 2.26. The van der Waals surface area contributed by atoms with Crippen molar-refractivity contribution in [3.8, 4) is 0 Å². The number of fused-ring (bicyclic) bond motifs is 1. The zero-order valence-electron chi connectivity index (χ0n) is 16.4. The molecule has 0 spiro atoms. The van der Waals surface area contributed by atoms with Crippen LogP contribution in [0.5, 0.6) is 0 Å². The Bertz CT molecular complexity index is 797. The summed E-state index contributed by atoms with van der Waals surface area (Å²) in [6, 6.07) is 4.60. The first-order valence-corrected chi connectivity index (χ1v) is 9.98. The molecule has 3 rings (SSSR count). The van der Waals surface area contributed by atoms with Crippen molar-refractivity contribution in [1.82, 2.24) is 15.5 Å². The number of carbonyl (C=O) groups excluding carboxylic acids is 4. The molecule has 0 aromatic heterocycles. The predicted molar refractivity (Wildman–Crippen MR) is 104 cm³/mol. The average molecular weight is 385 g/mol. The van der Waals surface area contributed by atoms with Gasteiger partial charge >= 0.3 is 0 Å². The number of nitrogens with zero attached hydrogens (tertiary/aromatic N) is 1. The number of nitrogens with one attached hydrogen (secondary N) is 2. The number of imide groups is 1. The SMILES string of the molecule is CC(C)NC(=O)CCNC(=O)c1ccc2c(c1)C(=O)N(C1CCCCC1)C2=O. The van der Waals surface area contributed by atoms with Gasteiger partial charge in [0.1, 0.15) is 0 Å². The zero-order valence-corrected chi connectivity index (χ0v) is 16.4. The molecule has 0 atom stereocenters. The first kappa shape index (κ1) is 20.0. The van der Waals surface area contributed by atoms with Gasteiger partial charge < -0.3 is 10.6 Å². The van der Waals surface area contributed by atoms with Crippen molar-refractivity contribution in [2.75, 3.05) is 6.54 Å². The Morgan fingerprint density at radius 2 is 1.75 bits per heavy atom. The smallest absolute Gasteiger partial charge is 0.261 e. The minimum absolute atomic E-state index is 0.0436. The molecule has 4 amide bonds. The third kappa shape index (κ3) is 4.24. The first-order valence-electron chi connectivity index (χ1n) is 9.98. The molecular formula is C21H27N3O4. The van der Waals surface area contributed by atoms with Gasteiger partial charge in [0.25, 0.3) is 17.7 Å². The summed E-state index contributed by atoms with van der Waals surface area (Å²) in [4.78, 5) is 50.9. The molecule has 1 fully saturated rings. The van der Waals surface area contributed by atoms with Crippen LogP contribution >= 0.6 is 0 Å². The molecule has 0 bridgehead atoms. The van der Waals surface area contributed by atoms with Gasteiger partial charge in [-0.3, -0.25) is 24.1 Å². The summed E-state index contributed by atoms with van der Waals surface area (Å²) in [5.41, 5.74) is 0.971. The van der Waals surface area contributed by atoms with E-state index < -0.39 is 0 Å². The highest BCUT2D eigenvalue weighted by Gasteiger charge is 2.40. The van der Waals surface area contributed by atoms with Gasteiger partial charge in [0.2, 0.25) is 5.91 Å². The lowest BCUT2D eigenvalue weighted by Crippen LogP contribution is -2.40. The van der Waals surface area contributed by atoms with Crippen LogP contribution in [0.15, 0.2) is 18.2 Å². The number of hydrogen-bond acceptors (Lipinski definition) is 4. The van der Waals surface area contributed by atoms with Crippen LogP contribution in [0.1, 0.15) is 83.4 Å². The fourth-order valence-electron chi connectivity index (χ4n) is 3.86. The first-order chi connectivity index (χ1) is 13.4. The molecule has 2 aliphatic rings. The maximum absolute atomic E-state index is 12.8. The number of amides is 4. The second-order valence-corrected chi connectivity index (χ2v) is 7.76. The van der Waals surface area contributed by atoms with Crippen LogP contribution in [0, 0.1) is 0 Å². The molecule has 1 saturated carbocycles. The van der Waals surface area contributed by atoms with Crippen molar-refractivity contribution in [2.45, 2.75) is 64.5 Å². The number of rotatable bonds is 6. The highest BCUT2D eigenvalue weighted by molar-refractivity contribution is 6.22. The van der Waals surface area contributed by atoms with Gasteiger partial charge in [0.15, 0.2) is 0 Å². The summed E-state index contributed by atoms with van der Waals surface area (Å²) in [6.07, 6.45) is 5.06. The van der Waals surface area contributed by atoms with E-state index in [1.165, 1.54) is 11.0 Å². The number of carbonyl (C=O) groups is 4. The van der Waals surface area contributed by atoms with Crippen molar-refractivity contribution in [2.24, 2.45) is 0 Å². The molecule has 1 aliphatic heterocycles. The van der Waals surface area contributed by atoms with E-state index in [2.05, 4.69) is 10.6 Å². The maximum Gasteiger partial charge on any atom is 0.261 e. The van der Waals surface area contributed by atoms with Crippen molar-refractivity contribution in [3.05, 3.63) is 34.9 Å². The van der Waals surface area contributed by atoms with Gasteiger partial charge in [-0.1, -0.05) is 19.3 Å². The molecule has 7 heteroatoms. The van der Waals surface area contributed by atoms with Gasteiger partial charge in [-0.15, -0.1) is 0 Å². The van der Waals surface area contributed by atoms with E-state index in [1.54, 1.807) is 12.1 Å². The average Bonchev–Trinajstić information content (AvgIpc) is 2.92. The fourth-order valence-corrected chi connectivity index (χ4v) is 3.86. The molecule has 28 heavy (non-hydrogen) atoms. The molecule has 0 radical (unpaired) electrons. The normalized spacial score (nSPS) is 17.0. The van der Waals surface area contributed by atoms with Crippen molar-refractivity contribution >= 4 is 23.6 Å². The van der Waals surface area contributed by atoms with Gasteiger partial charge in [-0.25, -0.2) is 0 Å². The number of hydrogen-bond donors (Lipinski definition) is 2. The summed E-state index contributed by atoms with van der Waals surface area (Å²) < 4.78 is 0. The Morgan fingerprint density at radius 3 is 2.43 bits per heavy atom. The number of benzene rings is 1. The minimum Gasteiger partial charge on any atom is -0.354 e. The largest absolute Gasteiger partial charge is 0.354 e. The molecule has 1 aliphatic carbocycles. The Kier molecular flexibility index (Phi) is 6.11. The van der Waals surface area contributed by atoms with Gasteiger partial charge in [-0.05, 0) is 44.9 Å². The lowest BCUT2D eigenvalue weighted by molar-refractivity contribution is -0.121. The molecular weight excluding hydrogens is 358 g/mol. The standard InChI is InChI=1S/C21H27N3O4/c1-13(2)23-18(25)10-11-22-19(26)14-8-9-16-17(12-14)21(28)24(20(16)27)15-6-4-3-5-7-15/h8-9,12-13,15H,3-7,10-11H2,1-2H3,(H,22,26)(H,23,25). The van der Waals surface area contributed by atoms with E-state index >= 15 is 0 Å². The van der Waals surface area contributed by atoms with Crippen LogP contribution < -0.4 is 10.6 Å². The van der Waals surface area contributed by atoms with Crippen molar-refractivity contribution in [3.63, 3.8) is 0 Å². The molecule has 0 unspecified atom stereocenters. The summed E-state index contributed by atoms with van der Waals surface area (Å²) in [5.74, 6) is -1.06. The van der Waals surface area contributed by atoms with Gasteiger partial charge in [-0.2, -0.15) is 0 Å². The van der Waals surface area contributed by atoms with E-state index in [0.29, 0.717) is 16.7 Å². The highest BCUT2D eigenvalue weighted by atomic mass is 16.2. The van der Waals surface area contributed by atoms with Crippen LogP contribution in [0.25, 0.3) is 0 Å². The highest BCUT2D eigenvalue weighted by Crippen LogP contribution is 2.31. The summed E-state index contributed by atoms with van der Waals surface area (Å²) >= 11 is 0. The van der Waals surface area contributed by atoms with Crippen LogP contribution in [0.4, 0.5) is 0 Å². The molecule has 7 nitrogen and oxygen atoms in total. The minimum atomic E-state index is -0.364. The van der Waals surface area contributed by atoms with E-state index in [0.717, 1.165) is 32.1 Å². The van der Waals surface area contributed by atoms with E-state index in [9.17, 15) is 19.2 Å². The molecule has 2 N–H and O–H groups in total. The zero-order chi connectivity index (χ0) is 20.3. The van der Waals surface area contributed by atoms with Crippen molar-refractivity contribution < 1.29 is 19.2 Å².